The van der Waals surface area contributed by atoms with Crippen molar-refractivity contribution in [3.05, 3.63) is 18.0 Å². The van der Waals surface area contributed by atoms with Crippen LogP contribution in [-0.4, -0.2) is 28.6 Å². The Morgan fingerprint density at radius 3 is 2.88 bits per heavy atom. The van der Waals surface area contributed by atoms with Crippen LogP contribution in [0.1, 0.15) is 18.7 Å². The summed E-state index contributed by atoms with van der Waals surface area (Å²) >= 11 is 0. The lowest BCUT2D eigenvalue weighted by atomic mass is 10.1. The molecule has 3 rings (SSSR count). The molecule has 0 saturated heterocycles. The summed E-state index contributed by atoms with van der Waals surface area (Å²) in [5.74, 6) is 1.55. The van der Waals surface area contributed by atoms with Crippen molar-refractivity contribution in [2.45, 2.75) is 18.3 Å². The predicted molar refractivity (Wildman–Crippen MR) is 60.4 cm³/mol. The number of hydrogen-bond acceptors (Lipinski definition) is 4. The number of ether oxygens (including phenoxy) is 1. The van der Waals surface area contributed by atoms with E-state index in [0.29, 0.717) is 18.1 Å². The molecule has 2 heterocycles. The van der Waals surface area contributed by atoms with Gasteiger partial charge in [0.1, 0.15) is 5.82 Å². The number of hydrogen-bond donors (Lipinski definition) is 2. The molecule has 0 unspecified atom stereocenters. The second kappa shape index (κ2) is 3.18. The molecule has 2 aromatic rings. The van der Waals surface area contributed by atoms with Gasteiger partial charge in [0.2, 0.25) is 5.88 Å². The molecule has 0 atom stereocenters. The molecular weight excluding hydrogens is 204 g/mol. The summed E-state index contributed by atoms with van der Waals surface area (Å²) in [6.07, 6.45) is 2.22. The molecule has 2 aromatic heterocycles. The molecule has 84 valence electrons. The van der Waals surface area contributed by atoms with Crippen LogP contribution in [0.2, 0.25) is 0 Å². The Bertz CT molecular complexity index is 530. The van der Waals surface area contributed by atoms with Crippen molar-refractivity contribution in [3.8, 4) is 5.88 Å². The van der Waals surface area contributed by atoms with Gasteiger partial charge in [-0.2, -0.15) is 4.98 Å². The maximum Gasteiger partial charge on any atom is 0.215 e. The van der Waals surface area contributed by atoms with E-state index in [-0.39, 0.29) is 5.41 Å². The quantitative estimate of drug-likeness (QED) is 0.804. The van der Waals surface area contributed by atoms with Crippen LogP contribution in [0, 0.1) is 0 Å². The summed E-state index contributed by atoms with van der Waals surface area (Å²) in [5.41, 5.74) is 7.49. The van der Waals surface area contributed by atoms with Gasteiger partial charge in [-0.3, -0.25) is 0 Å². The number of pyridine rings is 1. The maximum atomic E-state index is 5.77. The summed E-state index contributed by atoms with van der Waals surface area (Å²) in [6.45, 7) is 0.643. The third kappa shape index (κ3) is 1.28. The highest BCUT2D eigenvalue weighted by molar-refractivity contribution is 5.71. The van der Waals surface area contributed by atoms with Crippen molar-refractivity contribution in [3.63, 3.8) is 0 Å². The van der Waals surface area contributed by atoms with Crippen molar-refractivity contribution in [2.75, 3.05) is 13.7 Å². The van der Waals surface area contributed by atoms with Crippen LogP contribution < -0.4 is 10.5 Å². The van der Waals surface area contributed by atoms with Crippen molar-refractivity contribution in [2.24, 2.45) is 5.73 Å². The highest BCUT2D eigenvalue weighted by atomic mass is 16.5. The standard InChI is InChI=1S/C11H14N4O/c1-16-8-3-2-7-9(14-8)15-10(13-7)11(6-12)4-5-11/h2-3H,4-6,12H2,1H3,(H,13,14,15). The van der Waals surface area contributed by atoms with E-state index in [1.165, 1.54) is 0 Å². The van der Waals surface area contributed by atoms with E-state index in [4.69, 9.17) is 10.5 Å². The fourth-order valence-electron chi connectivity index (χ4n) is 1.93. The van der Waals surface area contributed by atoms with E-state index in [2.05, 4.69) is 15.0 Å². The Morgan fingerprint density at radius 1 is 1.44 bits per heavy atom. The Labute approximate surface area is 93.0 Å². The van der Waals surface area contributed by atoms with Gasteiger partial charge < -0.3 is 15.5 Å². The van der Waals surface area contributed by atoms with Gasteiger partial charge in [-0.05, 0) is 18.9 Å². The predicted octanol–water partition coefficient (Wildman–Crippen LogP) is 0.957. The number of nitrogens with two attached hydrogens (primary N) is 1. The van der Waals surface area contributed by atoms with Gasteiger partial charge in [-0.25, -0.2) is 4.98 Å². The Kier molecular flexibility index (Phi) is 1.91. The molecule has 0 aromatic carbocycles. The fourth-order valence-corrected chi connectivity index (χ4v) is 1.93. The summed E-state index contributed by atoms with van der Waals surface area (Å²) in [5, 5.41) is 0. The van der Waals surface area contributed by atoms with Gasteiger partial charge in [0.25, 0.3) is 0 Å². The summed E-state index contributed by atoms with van der Waals surface area (Å²) < 4.78 is 5.07. The molecule has 0 spiro atoms. The summed E-state index contributed by atoms with van der Waals surface area (Å²) in [4.78, 5) is 12.1. The number of nitrogens with one attached hydrogen (secondary N) is 1. The minimum Gasteiger partial charge on any atom is -0.481 e. The van der Waals surface area contributed by atoms with Crippen molar-refractivity contribution in [1.29, 1.82) is 0 Å². The number of fused-ring (bicyclic) bond motifs is 1. The van der Waals surface area contributed by atoms with Crippen LogP contribution in [0.15, 0.2) is 12.1 Å². The molecule has 0 aliphatic heterocycles. The minimum absolute atomic E-state index is 0.0773. The van der Waals surface area contributed by atoms with Crippen LogP contribution in [0.4, 0.5) is 0 Å². The first-order valence-electron chi connectivity index (χ1n) is 5.39. The molecule has 1 saturated carbocycles. The number of methoxy groups -OCH3 is 1. The number of imidazole rings is 1. The second-order valence-corrected chi connectivity index (χ2v) is 4.29. The Balaban J connectivity index is 2.09. The highest BCUT2D eigenvalue weighted by Crippen LogP contribution is 2.46. The summed E-state index contributed by atoms with van der Waals surface area (Å²) in [7, 11) is 1.60. The molecular formula is C11H14N4O. The maximum absolute atomic E-state index is 5.77. The van der Waals surface area contributed by atoms with Gasteiger partial charge in [0, 0.05) is 18.0 Å². The van der Waals surface area contributed by atoms with Crippen LogP contribution in [0.5, 0.6) is 5.88 Å². The van der Waals surface area contributed by atoms with Crippen LogP contribution in [0.25, 0.3) is 11.2 Å². The first-order valence-corrected chi connectivity index (χ1v) is 5.39. The molecule has 5 heteroatoms. The largest absolute Gasteiger partial charge is 0.481 e. The number of rotatable bonds is 3. The Morgan fingerprint density at radius 2 is 2.25 bits per heavy atom. The van der Waals surface area contributed by atoms with Gasteiger partial charge in [-0.15, -0.1) is 0 Å². The molecule has 0 bridgehead atoms. The first kappa shape index (κ1) is 9.59. The number of aromatic nitrogens is 3. The molecule has 3 N–H and O–H groups in total. The molecule has 0 amide bonds. The van der Waals surface area contributed by atoms with Crippen molar-refractivity contribution >= 4 is 11.2 Å². The van der Waals surface area contributed by atoms with Crippen molar-refractivity contribution < 1.29 is 4.74 Å². The number of aromatic amines is 1. The van der Waals surface area contributed by atoms with Gasteiger partial charge >= 0.3 is 0 Å². The third-order valence-corrected chi connectivity index (χ3v) is 3.28. The third-order valence-electron chi connectivity index (χ3n) is 3.28. The monoisotopic (exact) mass is 218 g/mol. The van der Waals surface area contributed by atoms with Gasteiger partial charge in [0.05, 0.1) is 12.6 Å². The zero-order chi connectivity index (χ0) is 11.2. The molecule has 16 heavy (non-hydrogen) atoms. The van der Waals surface area contributed by atoms with Crippen LogP contribution >= 0.6 is 0 Å². The molecule has 0 radical (unpaired) electrons. The van der Waals surface area contributed by atoms with E-state index in [1.54, 1.807) is 7.11 Å². The van der Waals surface area contributed by atoms with Crippen LogP contribution in [0.3, 0.4) is 0 Å². The zero-order valence-electron chi connectivity index (χ0n) is 9.16. The SMILES string of the molecule is COc1ccc2[nH]c(C3(CN)CC3)nc2n1. The van der Waals surface area contributed by atoms with Crippen LogP contribution in [-0.2, 0) is 5.41 Å². The lowest BCUT2D eigenvalue weighted by Crippen LogP contribution is -2.21. The second-order valence-electron chi connectivity index (χ2n) is 4.29. The first-order chi connectivity index (χ1) is 7.77. The van der Waals surface area contributed by atoms with Gasteiger partial charge in [-0.1, -0.05) is 0 Å². The topological polar surface area (TPSA) is 76.8 Å². The molecule has 1 aliphatic rings. The normalized spacial score (nSPS) is 17.6. The van der Waals surface area contributed by atoms with E-state index in [1.807, 2.05) is 12.1 Å². The van der Waals surface area contributed by atoms with E-state index < -0.39 is 0 Å². The molecule has 1 aliphatic carbocycles. The lowest BCUT2D eigenvalue weighted by Gasteiger charge is -2.06. The average Bonchev–Trinajstić information content (AvgIpc) is 3.01. The molecule has 5 nitrogen and oxygen atoms in total. The van der Waals surface area contributed by atoms with Gasteiger partial charge in [0.15, 0.2) is 5.65 Å². The summed E-state index contributed by atoms with van der Waals surface area (Å²) in [6, 6.07) is 3.76. The van der Waals surface area contributed by atoms with Crippen molar-refractivity contribution in [1.82, 2.24) is 15.0 Å². The van der Waals surface area contributed by atoms with E-state index in [9.17, 15) is 0 Å². The highest BCUT2D eigenvalue weighted by Gasteiger charge is 2.45. The lowest BCUT2D eigenvalue weighted by molar-refractivity contribution is 0.399. The average molecular weight is 218 g/mol. The number of H-pyrrole nitrogens is 1. The smallest absolute Gasteiger partial charge is 0.215 e. The Hall–Kier alpha value is -1.62. The van der Waals surface area contributed by atoms with E-state index in [0.717, 1.165) is 24.2 Å². The fraction of sp³-hybridized carbons (Fsp3) is 0.455. The molecule has 1 fully saturated rings. The number of nitrogens with zero attached hydrogens (tertiary/aromatic N) is 2. The zero-order valence-corrected chi connectivity index (χ0v) is 9.16. The van der Waals surface area contributed by atoms with E-state index >= 15 is 0 Å². The minimum atomic E-state index is 0.0773.